The number of hydrogen-bond acceptors (Lipinski definition) is 5. The average molecular weight is 338 g/mol. The minimum Gasteiger partial charge on any atom is -0.457 e. The van der Waals surface area contributed by atoms with Crippen LogP contribution in [0.2, 0.25) is 10.2 Å². The molecule has 0 amide bonds. The third-order valence-corrected chi connectivity index (χ3v) is 3.94. The van der Waals surface area contributed by atoms with E-state index in [9.17, 15) is 4.79 Å². The summed E-state index contributed by atoms with van der Waals surface area (Å²) in [7, 11) is 0. The van der Waals surface area contributed by atoms with Crippen LogP contribution in [0.25, 0.3) is 0 Å². The fraction of sp³-hybridized carbons (Fsp3) is 0.267. The van der Waals surface area contributed by atoms with E-state index < -0.39 is 5.97 Å². The van der Waals surface area contributed by atoms with E-state index in [-0.39, 0.29) is 6.10 Å². The van der Waals surface area contributed by atoms with Crippen molar-refractivity contribution >= 4 is 35.0 Å². The topological polar surface area (TPSA) is 55.3 Å². The van der Waals surface area contributed by atoms with Gasteiger partial charge in [-0.15, -0.1) is 0 Å². The number of esters is 1. The number of nitrogens with zero attached hydrogens (tertiary/aromatic N) is 3. The van der Waals surface area contributed by atoms with Crippen molar-refractivity contribution in [1.29, 1.82) is 0 Å². The molecule has 0 unspecified atom stereocenters. The smallest absolute Gasteiger partial charge is 0.339 e. The van der Waals surface area contributed by atoms with E-state index in [0.717, 1.165) is 13.0 Å². The standard InChI is InChI=1S/C15H13Cl2N3O2/c16-12-4-2-1-3-11(12)15(21)22-10-5-6-20(9-10)14-8-18-7-13(17)19-14/h1-4,7-8,10H,5-6,9H2/t10-/m0/s1. The van der Waals surface area contributed by atoms with Crippen LogP contribution in [0.15, 0.2) is 36.7 Å². The van der Waals surface area contributed by atoms with Gasteiger partial charge in [0, 0.05) is 13.0 Å². The van der Waals surface area contributed by atoms with Gasteiger partial charge in [0.15, 0.2) is 0 Å². The normalized spacial score (nSPS) is 17.5. The second kappa shape index (κ2) is 6.50. The number of aromatic nitrogens is 2. The van der Waals surface area contributed by atoms with Crippen LogP contribution in [0.5, 0.6) is 0 Å². The Labute approximate surface area is 137 Å². The molecule has 7 heteroatoms. The van der Waals surface area contributed by atoms with Crippen LogP contribution < -0.4 is 4.90 Å². The van der Waals surface area contributed by atoms with Crippen LogP contribution in [-0.4, -0.2) is 35.1 Å². The Bertz CT molecular complexity index is 696. The van der Waals surface area contributed by atoms with Crippen molar-refractivity contribution in [2.45, 2.75) is 12.5 Å². The van der Waals surface area contributed by atoms with Gasteiger partial charge in [-0.2, -0.15) is 0 Å². The highest BCUT2D eigenvalue weighted by Gasteiger charge is 2.27. The Morgan fingerprint density at radius 1 is 1.27 bits per heavy atom. The summed E-state index contributed by atoms with van der Waals surface area (Å²) in [4.78, 5) is 22.4. The number of carbonyl (C=O) groups excluding carboxylic acids is 1. The monoisotopic (exact) mass is 337 g/mol. The first-order valence-electron chi connectivity index (χ1n) is 6.81. The predicted molar refractivity (Wildman–Crippen MR) is 84.5 cm³/mol. The maximum atomic E-state index is 12.1. The van der Waals surface area contributed by atoms with Gasteiger partial charge in [-0.25, -0.2) is 9.78 Å². The molecule has 1 aliphatic rings. The lowest BCUT2D eigenvalue weighted by atomic mass is 10.2. The van der Waals surface area contributed by atoms with Crippen LogP contribution in [0.3, 0.4) is 0 Å². The molecular formula is C15H13Cl2N3O2. The van der Waals surface area contributed by atoms with E-state index in [2.05, 4.69) is 9.97 Å². The Kier molecular flexibility index (Phi) is 4.45. The molecule has 0 spiro atoms. The minimum absolute atomic E-state index is 0.204. The van der Waals surface area contributed by atoms with Crippen molar-refractivity contribution < 1.29 is 9.53 Å². The zero-order valence-corrected chi connectivity index (χ0v) is 13.1. The van der Waals surface area contributed by atoms with Crippen LogP contribution >= 0.6 is 23.2 Å². The van der Waals surface area contributed by atoms with Crippen molar-refractivity contribution in [2.75, 3.05) is 18.0 Å². The van der Waals surface area contributed by atoms with Gasteiger partial charge >= 0.3 is 5.97 Å². The maximum absolute atomic E-state index is 12.1. The molecule has 5 nitrogen and oxygen atoms in total. The molecule has 0 saturated carbocycles. The second-order valence-electron chi connectivity index (χ2n) is 4.94. The summed E-state index contributed by atoms with van der Waals surface area (Å²) in [6, 6.07) is 6.85. The summed E-state index contributed by atoms with van der Waals surface area (Å²) in [6.45, 7) is 1.29. The number of rotatable bonds is 3. The molecule has 2 heterocycles. The summed E-state index contributed by atoms with van der Waals surface area (Å²) in [5.74, 6) is 0.276. The lowest BCUT2D eigenvalue weighted by Crippen LogP contribution is -2.25. The molecule has 114 valence electrons. The van der Waals surface area contributed by atoms with E-state index in [1.165, 1.54) is 6.20 Å². The first kappa shape index (κ1) is 15.1. The van der Waals surface area contributed by atoms with Crippen LogP contribution in [0.4, 0.5) is 5.82 Å². The van der Waals surface area contributed by atoms with Gasteiger partial charge < -0.3 is 9.64 Å². The van der Waals surface area contributed by atoms with E-state index in [1.54, 1.807) is 30.5 Å². The fourth-order valence-electron chi connectivity index (χ4n) is 2.36. The van der Waals surface area contributed by atoms with Crippen LogP contribution in [0, 0.1) is 0 Å². The molecule has 1 fully saturated rings. The van der Waals surface area contributed by atoms with Gasteiger partial charge in [-0.05, 0) is 12.1 Å². The molecule has 0 bridgehead atoms. The Hall–Kier alpha value is -1.85. The summed E-state index contributed by atoms with van der Waals surface area (Å²) in [5.41, 5.74) is 0.380. The highest BCUT2D eigenvalue weighted by atomic mass is 35.5. The first-order chi connectivity index (χ1) is 10.6. The molecule has 1 atom stereocenters. The Morgan fingerprint density at radius 3 is 2.86 bits per heavy atom. The number of carbonyl (C=O) groups is 1. The summed E-state index contributed by atoms with van der Waals surface area (Å²) >= 11 is 11.8. The van der Waals surface area contributed by atoms with Crippen molar-refractivity contribution in [3.05, 3.63) is 52.4 Å². The van der Waals surface area contributed by atoms with Crippen molar-refractivity contribution in [2.24, 2.45) is 0 Å². The Balaban J connectivity index is 1.64. The molecule has 2 aromatic rings. The molecule has 0 radical (unpaired) electrons. The van der Waals surface area contributed by atoms with Gasteiger partial charge in [0.1, 0.15) is 17.1 Å². The quantitative estimate of drug-likeness (QED) is 0.805. The highest BCUT2D eigenvalue weighted by molar-refractivity contribution is 6.33. The van der Waals surface area contributed by atoms with E-state index >= 15 is 0 Å². The summed E-state index contributed by atoms with van der Waals surface area (Å²) < 4.78 is 5.51. The molecule has 1 aliphatic heterocycles. The zero-order chi connectivity index (χ0) is 15.5. The SMILES string of the molecule is O=C(O[C@H]1CCN(c2cncc(Cl)n2)C1)c1ccccc1Cl. The van der Waals surface area contributed by atoms with Crippen molar-refractivity contribution in [1.82, 2.24) is 9.97 Å². The molecule has 1 aromatic heterocycles. The lowest BCUT2D eigenvalue weighted by molar-refractivity contribution is 0.0348. The molecule has 3 rings (SSSR count). The largest absolute Gasteiger partial charge is 0.457 e. The van der Waals surface area contributed by atoms with Crippen molar-refractivity contribution in [3.8, 4) is 0 Å². The molecule has 1 saturated heterocycles. The van der Waals surface area contributed by atoms with Gasteiger partial charge in [-0.1, -0.05) is 35.3 Å². The van der Waals surface area contributed by atoms with Crippen LogP contribution in [0.1, 0.15) is 16.8 Å². The number of benzene rings is 1. The van der Waals surface area contributed by atoms with Crippen LogP contribution in [-0.2, 0) is 4.74 Å². The van der Waals surface area contributed by atoms with Gasteiger partial charge in [-0.3, -0.25) is 4.98 Å². The Morgan fingerprint density at radius 2 is 2.09 bits per heavy atom. The third-order valence-electron chi connectivity index (χ3n) is 3.43. The summed E-state index contributed by atoms with van der Waals surface area (Å²) in [5, 5.41) is 0.733. The van der Waals surface area contributed by atoms with E-state index in [4.69, 9.17) is 27.9 Å². The number of ether oxygens (including phenoxy) is 1. The van der Waals surface area contributed by atoms with Gasteiger partial charge in [0.05, 0.1) is 29.5 Å². The molecule has 22 heavy (non-hydrogen) atoms. The maximum Gasteiger partial charge on any atom is 0.339 e. The molecule has 0 aliphatic carbocycles. The number of halogens is 2. The highest BCUT2D eigenvalue weighted by Crippen LogP contribution is 2.23. The first-order valence-corrected chi connectivity index (χ1v) is 7.57. The number of hydrogen-bond donors (Lipinski definition) is 0. The molecular weight excluding hydrogens is 325 g/mol. The summed E-state index contributed by atoms with van der Waals surface area (Å²) in [6.07, 6.45) is 3.65. The average Bonchev–Trinajstić information content (AvgIpc) is 2.96. The van der Waals surface area contributed by atoms with E-state index in [1.807, 2.05) is 4.90 Å². The fourth-order valence-corrected chi connectivity index (χ4v) is 2.71. The number of anilines is 1. The zero-order valence-electron chi connectivity index (χ0n) is 11.6. The predicted octanol–water partition coefficient (Wildman–Crippen LogP) is 3.22. The third kappa shape index (κ3) is 3.31. The molecule has 0 N–H and O–H groups in total. The van der Waals surface area contributed by atoms with Crippen molar-refractivity contribution in [3.63, 3.8) is 0 Å². The van der Waals surface area contributed by atoms with Gasteiger partial charge in [0.25, 0.3) is 0 Å². The van der Waals surface area contributed by atoms with Gasteiger partial charge in [0.2, 0.25) is 0 Å². The van der Waals surface area contributed by atoms with E-state index in [0.29, 0.717) is 28.1 Å². The molecule has 1 aromatic carbocycles. The minimum atomic E-state index is -0.408. The lowest BCUT2D eigenvalue weighted by Gasteiger charge is -2.17. The second-order valence-corrected chi connectivity index (χ2v) is 5.74.